The van der Waals surface area contributed by atoms with Crippen LogP contribution in [0.25, 0.3) is 0 Å². The number of nitrogens with one attached hydrogen (secondary N) is 1. The summed E-state index contributed by atoms with van der Waals surface area (Å²) in [7, 11) is 1.74. The van der Waals surface area contributed by atoms with Crippen LogP contribution in [0.2, 0.25) is 0 Å². The molecule has 2 saturated carbocycles. The van der Waals surface area contributed by atoms with Crippen molar-refractivity contribution >= 4 is 11.8 Å². The van der Waals surface area contributed by atoms with Gasteiger partial charge in [0.15, 0.2) is 0 Å². The number of methoxy groups -OCH3 is 1. The molecule has 0 spiro atoms. The number of carbonyl (C=O) groups excluding carboxylic acids is 2. The molecule has 1 aliphatic heterocycles. The van der Waals surface area contributed by atoms with Crippen LogP contribution in [0.4, 0.5) is 0 Å². The van der Waals surface area contributed by atoms with Crippen LogP contribution in [0.5, 0.6) is 5.75 Å². The van der Waals surface area contributed by atoms with Gasteiger partial charge in [-0.2, -0.15) is 0 Å². The summed E-state index contributed by atoms with van der Waals surface area (Å²) >= 11 is 0. The Labute approximate surface area is 210 Å². The second-order valence-corrected chi connectivity index (χ2v) is 11.8. The summed E-state index contributed by atoms with van der Waals surface area (Å²) in [5.74, 6) is 2.00. The Kier molecular flexibility index (Phi) is 6.97. The molecule has 1 aromatic rings. The van der Waals surface area contributed by atoms with Crippen LogP contribution < -0.4 is 15.8 Å². The van der Waals surface area contributed by atoms with Crippen LogP contribution in [0.3, 0.4) is 0 Å². The molecule has 4 aliphatic rings. The van der Waals surface area contributed by atoms with Crippen LogP contribution in [0, 0.1) is 11.3 Å². The van der Waals surface area contributed by atoms with Gasteiger partial charge in [0.1, 0.15) is 5.75 Å². The normalized spacial score (nSPS) is 34.0. The predicted molar refractivity (Wildman–Crippen MR) is 137 cm³/mol. The number of hydrogen-bond donors (Lipinski definition) is 2. The lowest BCUT2D eigenvalue weighted by atomic mass is 9.51. The highest BCUT2D eigenvalue weighted by molar-refractivity contribution is 6.01. The third-order valence-electron chi connectivity index (χ3n) is 10.0. The second-order valence-electron chi connectivity index (χ2n) is 11.8. The van der Waals surface area contributed by atoms with Gasteiger partial charge in [0.25, 0.3) is 0 Å². The van der Waals surface area contributed by atoms with E-state index in [-0.39, 0.29) is 22.8 Å². The predicted octanol–water partition coefficient (Wildman–Crippen LogP) is 4.30. The molecule has 0 radical (unpaired) electrons. The zero-order valence-corrected chi connectivity index (χ0v) is 21.6. The molecule has 1 heterocycles. The summed E-state index contributed by atoms with van der Waals surface area (Å²) in [5.41, 5.74) is 10.4. The molecule has 192 valence electrons. The molecule has 6 nitrogen and oxygen atoms in total. The maximum Gasteiger partial charge on any atom is 0.229 e. The van der Waals surface area contributed by atoms with Gasteiger partial charge in [0.2, 0.25) is 11.8 Å². The van der Waals surface area contributed by atoms with Gasteiger partial charge in [0.05, 0.1) is 7.11 Å². The van der Waals surface area contributed by atoms with E-state index in [4.69, 9.17) is 10.5 Å². The van der Waals surface area contributed by atoms with E-state index in [1.807, 2.05) is 0 Å². The summed E-state index contributed by atoms with van der Waals surface area (Å²) in [5, 5.41) is 3.92. The van der Waals surface area contributed by atoms with Crippen molar-refractivity contribution in [2.24, 2.45) is 17.1 Å². The maximum atomic E-state index is 11.7. The summed E-state index contributed by atoms with van der Waals surface area (Å²) in [4.78, 5) is 24.9. The fourth-order valence-electron chi connectivity index (χ4n) is 8.08. The van der Waals surface area contributed by atoms with E-state index in [0.717, 1.165) is 50.8 Å². The van der Waals surface area contributed by atoms with Crippen molar-refractivity contribution in [1.29, 1.82) is 0 Å². The fraction of sp³-hybridized carbons (Fsp3) is 0.724. The van der Waals surface area contributed by atoms with Gasteiger partial charge >= 0.3 is 0 Å². The highest BCUT2D eigenvalue weighted by Gasteiger charge is 2.60. The topological polar surface area (TPSA) is 84.7 Å². The molecular formula is C29H43N3O3. The quantitative estimate of drug-likeness (QED) is 0.406. The lowest BCUT2D eigenvalue weighted by molar-refractivity contribution is -0.138. The Morgan fingerprint density at radius 3 is 2.57 bits per heavy atom. The first kappa shape index (κ1) is 24.8. The smallest absolute Gasteiger partial charge is 0.229 e. The first-order chi connectivity index (χ1) is 16.9. The van der Waals surface area contributed by atoms with Gasteiger partial charge in [-0.25, -0.2) is 0 Å². The van der Waals surface area contributed by atoms with Crippen LogP contribution >= 0.6 is 0 Å². The van der Waals surface area contributed by atoms with Crippen molar-refractivity contribution in [3.63, 3.8) is 0 Å². The van der Waals surface area contributed by atoms with Gasteiger partial charge in [0, 0.05) is 36.9 Å². The molecule has 0 bridgehead atoms. The lowest BCUT2D eigenvalue weighted by Gasteiger charge is -2.57. The number of ether oxygens (including phenoxy) is 1. The monoisotopic (exact) mass is 481 g/mol. The minimum Gasteiger partial charge on any atom is -0.497 e. The highest BCUT2D eigenvalue weighted by atomic mass is 16.5. The Hall–Kier alpha value is -1.92. The molecule has 2 amide bonds. The molecule has 5 rings (SSSR count). The van der Waals surface area contributed by atoms with Crippen molar-refractivity contribution in [3.05, 3.63) is 29.3 Å². The number of fused-ring (bicyclic) bond motifs is 5. The number of carbonyl (C=O) groups is 2. The van der Waals surface area contributed by atoms with Gasteiger partial charge in [-0.15, -0.1) is 0 Å². The number of imide groups is 1. The largest absolute Gasteiger partial charge is 0.497 e. The number of hydrogen-bond acceptors (Lipinski definition) is 5. The van der Waals surface area contributed by atoms with E-state index >= 15 is 0 Å². The zero-order valence-electron chi connectivity index (χ0n) is 21.6. The average molecular weight is 482 g/mol. The number of unbranched alkanes of at least 4 members (excludes halogenated alkanes) is 3. The van der Waals surface area contributed by atoms with Gasteiger partial charge < -0.3 is 15.8 Å². The van der Waals surface area contributed by atoms with Crippen molar-refractivity contribution < 1.29 is 14.3 Å². The Morgan fingerprint density at radius 1 is 1.03 bits per heavy atom. The minimum atomic E-state index is -0.102. The van der Waals surface area contributed by atoms with Crippen molar-refractivity contribution in [1.82, 2.24) is 10.2 Å². The molecule has 6 heteroatoms. The SMILES string of the molecule is COc1ccc2c(c1)CCC1(N)C2CCC2(C)C1CC[C@@H]2NCCCCCCN1C(=O)CCC1=O. The molecular weight excluding hydrogens is 438 g/mol. The van der Waals surface area contributed by atoms with E-state index in [9.17, 15) is 9.59 Å². The Balaban J connectivity index is 1.12. The van der Waals surface area contributed by atoms with Crippen LogP contribution in [-0.4, -0.2) is 48.5 Å². The summed E-state index contributed by atoms with van der Waals surface area (Å²) < 4.78 is 5.47. The number of amides is 2. The molecule has 3 aliphatic carbocycles. The molecule has 5 atom stereocenters. The fourth-order valence-corrected chi connectivity index (χ4v) is 8.08. The van der Waals surface area contributed by atoms with Gasteiger partial charge in [-0.05, 0) is 92.5 Å². The van der Waals surface area contributed by atoms with E-state index in [1.165, 1.54) is 41.7 Å². The number of benzene rings is 1. The van der Waals surface area contributed by atoms with E-state index in [1.54, 1.807) is 7.11 Å². The highest BCUT2D eigenvalue weighted by Crippen LogP contribution is 2.61. The van der Waals surface area contributed by atoms with Crippen molar-refractivity contribution in [2.75, 3.05) is 20.2 Å². The van der Waals surface area contributed by atoms with Crippen molar-refractivity contribution in [2.45, 2.75) is 101 Å². The van der Waals surface area contributed by atoms with Crippen LogP contribution in [0.15, 0.2) is 18.2 Å². The Bertz CT molecular complexity index is 948. The zero-order chi connectivity index (χ0) is 24.6. The molecule has 1 saturated heterocycles. The first-order valence-electron chi connectivity index (χ1n) is 13.9. The summed E-state index contributed by atoms with van der Waals surface area (Å²) in [6, 6.07) is 7.16. The van der Waals surface area contributed by atoms with E-state index in [0.29, 0.717) is 37.3 Å². The number of rotatable bonds is 9. The third-order valence-corrected chi connectivity index (χ3v) is 10.0. The minimum absolute atomic E-state index is 0.00859. The van der Waals surface area contributed by atoms with Crippen LogP contribution in [0.1, 0.15) is 94.6 Å². The third kappa shape index (κ3) is 4.42. The summed E-state index contributed by atoms with van der Waals surface area (Å²) in [6.45, 7) is 4.14. The molecule has 35 heavy (non-hydrogen) atoms. The molecule has 3 N–H and O–H groups in total. The van der Waals surface area contributed by atoms with Crippen LogP contribution in [-0.2, 0) is 16.0 Å². The van der Waals surface area contributed by atoms with Gasteiger partial charge in [-0.3, -0.25) is 14.5 Å². The number of nitrogens with two attached hydrogens (primary N) is 1. The lowest BCUT2D eigenvalue weighted by Crippen LogP contribution is -2.62. The standard InChI is InChI=1S/C29H43N3O3/c1-28-15-14-23-22-8-7-21(35-2)19-20(22)13-16-29(23,30)24(28)9-10-25(28)31-17-5-3-4-6-18-32-26(33)11-12-27(32)34/h7-8,19,23-25,31H,3-6,9-18,30H2,1-2H3/t23?,24?,25-,28?,29?/m0/s1. The second kappa shape index (κ2) is 9.85. The molecule has 1 aromatic carbocycles. The van der Waals surface area contributed by atoms with E-state index < -0.39 is 0 Å². The average Bonchev–Trinajstić information content (AvgIpc) is 3.36. The molecule has 0 aromatic heterocycles. The van der Waals surface area contributed by atoms with E-state index in [2.05, 4.69) is 30.4 Å². The van der Waals surface area contributed by atoms with Crippen molar-refractivity contribution in [3.8, 4) is 5.75 Å². The molecule has 4 unspecified atom stereocenters. The summed E-state index contributed by atoms with van der Waals surface area (Å²) in [6.07, 6.45) is 12.1. The molecule has 3 fully saturated rings. The Morgan fingerprint density at radius 2 is 1.80 bits per heavy atom. The maximum absolute atomic E-state index is 11.7. The number of likely N-dealkylation sites (tertiary alicyclic amines) is 1. The number of nitrogens with zero attached hydrogens (tertiary/aromatic N) is 1. The first-order valence-corrected chi connectivity index (χ1v) is 13.9. The number of aryl methyl sites for hydroxylation is 1. The van der Waals surface area contributed by atoms with Gasteiger partial charge in [-0.1, -0.05) is 25.8 Å².